The number of nitrogens with zero attached hydrogens (tertiary/aromatic N) is 1. The Balaban J connectivity index is 2.60. The van der Waals surface area contributed by atoms with E-state index in [0.717, 1.165) is 0 Å². The number of para-hydroxylation sites is 1. The van der Waals surface area contributed by atoms with Crippen LogP contribution in [0.25, 0.3) is 0 Å². The molecule has 1 heteroatoms. The summed E-state index contributed by atoms with van der Waals surface area (Å²) in [6, 6.07) is 10.8. The van der Waals surface area contributed by atoms with Crippen molar-refractivity contribution in [2.45, 2.75) is 34.6 Å². The van der Waals surface area contributed by atoms with Gasteiger partial charge in [0.05, 0.1) is 0 Å². The highest BCUT2D eigenvalue weighted by Gasteiger charge is 2.14. The molecule has 0 amide bonds. The number of aryl methyl sites for hydroxylation is 3. The molecule has 0 spiro atoms. The SMILES string of the molecule is Cc1ccccc1N(C)c1c(C)cc(C)c(C)c1C. The predicted octanol–water partition coefficient (Wildman–Crippen LogP) is 5.00. The van der Waals surface area contributed by atoms with Gasteiger partial charge in [0.1, 0.15) is 0 Å². The number of anilines is 2. The fraction of sp³-hybridized carbons (Fsp3) is 0.333. The van der Waals surface area contributed by atoms with Crippen molar-refractivity contribution in [2.75, 3.05) is 11.9 Å². The Morgan fingerprint density at radius 3 is 2.00 bits per heavy atom. The highest BCUT2D eigenvalue weighted by molar-refractivity contribution is 5.72. The van der Waals surface area contributed by atoms with E-state index >= 15 is 0 Å². The van der Waals surface area contributed by atoms with Crippen LogP contribution in [0.3, 0.4) is 0 Å². The van der Waals surface area contributed by atoms with Gasteiger partial charge in [0.2, 0.25) is 0 Å². The molecule has 2 aromatic carbocycles. The van der Waals surface area contributed by atoms with Crippen LogP contribution in [0.1, 0.15) is 27.8 Å². The van der Waals surface area contributed by atoms with Gasteiger partial charge < -0.3 is 4.90 Å². The molecule has 2 aromatic rings. The van der Waals surface area contributed by atoms with Crippen LogP contribution in [0, 0.1) is 34.6 Å². The summed E-state index contributed by atoms with van der Waals surface area (Å²) in [5.41, 5.74) is 9.39. The van der Waals surface area contributed by atoms with E-state index in [1.165, 1.54) is 39.2 Å². The number of rotatable bonds is 2. The highest BCUT2D eigenvalue weighted by atomic mass is 15.1. The summed E-state index contributed by atoms with van der Waals surface area (Å²) in [6.45, 7) is 11.0. The van der Waals surface area contributed by atoms with Gasteiger partial charge in [-0.1, -0.05) is 24.3 Å². The van der Waals surface area contributed by atoms with Gasteiger partial charge in [-0.3, -0.25) is 0 Å². The molecule has 2 rings (SSSR count). The third-order valence-corrected chi connectivity index (χ3v) is 4.13. The van der Waals surface area contributed by atoms with E-state index in [1.807, 2.05) is 0 Å². The standard InChI is InChI=1S/C18H23N/c1-12-9-7-8-10-17(12)19(6)18-14(3)11-13(2)15(4)16(18)5/h7-11H,1-6H3. The van der Waals surface area contributed by atoms with E-state index in [1.54, 1.807) is 0 Å². The molecular weight excluding hydrogens is 230 g/mol. The van der Waals surface area contributed by atoms with Gasteiger partial charge in [0.15, 0.2) is 0 Å². The van der Waals surface area contributed by atoms with Crippen LogP contribution in [-0.2, 0) is 0 Å². The van der Waals surface area contributed by atoms with Crippen LogP contribution in [0.4, 0.5) is 11.4 Å². The molecule has 0 aliphatic heterocycles. The minimum absolute atomic E-state index is 1.27. The molecule has 0 atom stereocenters. The van der Waals surface area contributed by atoms with Crippen molar-refractivity contribution in [3.05, 3.63) is 58.1 Å². The summed E-state index contributed by atoms with van der Waals surface area (Å²) in [6.07, 6.45) is 0. The number of hydrogen-bond acceptors (Lipinski definition) is 1. The summed E-state index contributed by atoms with van der Waals surface area (Å²) in [5, 5.41) is 0. The predicted molar refractivity (Wildman–Crippen MR) is 84.6 cm³/mol. The Hall–Kier alpha value is -1.76. The van der Waals surface area contributed by atoms with E-state index in [2.05, 4.69) is 76.9 Å². The lowest BCUT2D eigenvalue weighted by atomic mass is 9.97. The normalized spacial score (nSPS) is 10.6. The van der Waals surface area contributed by atoms with Crippen molar-refractivity contribution < 1.29 is 0 Å². The van der Waals surface area contributed by atoms with Crippen LogP contribution >= 0.6 is 0 Å². The van der Waals surface area contributed by atoms with Gasteiger partial charge in [0, 0.05) is 18.4 Å². The molecule has 0 radical (unpaired) electrons. The average molecular weight is 253 g/mol. The molecule has 0 aliphatic rings. The summed E-state index contributed by atoms with van der Waals surface area (Å²) in [5.74, 6) is 0. The van der Waals surface area contributed by atoms with Crippen LogP contribution < -0.4 is 4.90 Å². The van der Waals surface area contributed by atoms with Crippen LogP contribution in [-0.4, -0.2) is 7.05 Å². The quantitative estimate of drug-likeness (QED) is 0.728. The highest BCUT2D eigenvalue weighted by Crippen LogP contribution is 2.34. The first-order valence-electron chi connectivity index (χ1n) is 6.80. The van der Waals surface area contributed by atoms with Crippen LogP contribution in [0.15, 0.2) is 30.3 Å². The van der Waals surface area contributed by atoms with E-state index in [4.69, 9.17) is 0 Å². The van der Waals surface area contributed by atoms with Gasteiger partial charge in [-0.15, -0.1) is 0 Å². The Morgan fingerprint density at radius 2 is 1.37 bits per heavy atom. The minimum Gasteiger partial charge on any atom is -0.344 e. The van der Waals surface area contributed by atoms with Crippen LogP contribution in [0.5, 0.6) is 0 Å². The molecule has 100 valence electrons. The second-order valence-corrected chi connectivity index (χ2v) is 5.45. The van der Waals surface area contributed by atoms with E-state index in [-0.39, 0.29) is 0 Å². The maximum atomic E-state index is 2.31. The zero-order valence-corrected chi connectivity index (χ0v) is 12.8. The van der Waals surface area contributed by atoms with Crippen molar-refractivity contribution in [3.8, 4) is 0 Å². The molecular formula is C18H23N. The maximum Gasteiger partial charge on any atom is 0.0470 e. The van der Waals surface area contributed by atoms with Crippen molar-refractivity contribution in [3.63, 3.8) is 0 Å². The number of hydrogen-bond donors (Lipinski definition) is 0. The van der Waals surface area contributed by atoms with E-state index < -0.39 is 0 Å². The third-order valence-electron chi connectivity index (χ3n) is 4.13. The lowest BCUT2D eigenvalue weighted by Crippen LogP contribution is -2.14. The van der Waals surface area contributed by atoms with Crippen molar-refractivity contribution in [1.82, 2.24) is 0 Å². The molecule has 0 fully saturated rings. The van der Waals surface area contributed by atoms with Crippen LogP contribution in [0.2, 0.25) is 0 Å². The van der Waals surface area contributed by atoms with Crippen molar-refractivity contribution in [2.24, 2.45) is 0 Å². The molecule has 0 unspecified atom stereocenters. The second kappa shape index (κ2) is 5.08. The fourth-order valence-corrected chi connectivity index (χ4v) is 2.85. The van der Waals surface area contributed by atoms with E-state index in [9.17, 15) is 0 Å². The largest absolute Gasteiger partial charge is 0.344 e. The Morgan fingerprint density at radius 1 is 0.737 bits per heavy atom. The second-order valence-electron chi connectivity index (χ2n) is 5.45. The smallest absolute Gasteiger partial charge is 0.0470 e. The lowest BCUT2D eigenvalue weighted by molar-refractivity contribution is 1.12. The summed E-state index contributed by atoms with van der Waals surface area (Å²) >= 11 is 0. The van der Waals surface area contributed by atoms with Gasteiger partial charge in [0.25, 0.3) is 0 Å². The summed E-state index contributed by atoms with van der Waals surface area (Å²) < 4.78 is 0. The molecule has 19 heavy (non-hydrogen) atoms. The van der Waals surface area contributed by atoms with Crippen molar-refractivity contribution in [1.29, 1.82) is 0 Å². The molecule has 0 bridgehead atoms. The van der Waals surface area contributed by atoms with E-state index in [0.29, 0.717) is 0 Å². The molecule has 0 N–H and O–H groups in total. The Kier molecular flexibility index (Phi) is 3.66. The zero-order chi connectivity index (χ0) is 14.2. The van der Waals surface area contributed by atoms with Gasteiger partial charge in [-0.25, -0.2) is 0 Å². The van der Waals surface area contributed by atoms with Gasteiger partial charge >= 0.3 is 0 Å². The Bertz CT molecular complexity index is 611. The molecule has 0 aliphatic carbocycles. The lowest BCUT2D eigenvalue weighted by Gasteiger charge is -2.27. The molecule has 0 aromatic heterocycles. The first-order valence-corrected chi connectivity index (χ1v) is 6.80. The number of benzene rings is 2. The minimum atomic E-state index is 1.27. The third kappa shape index (κ3) is 2.37. The monoisotopic (exact) mass is 253 g/mol. The first-order chi connectivity index (χ1) is 8.93. The fourth-order valence-electron chi connectivity index (χ4n) is 2.85. The molecule has 0 saturated heterocycles. The molecule has 0 heterocycles. The first kappa shape index (κ1) is 13.7. The maximum absolute atomic E-state index is 2.31. The van der Waals surface area contributed by atoms with Gasteiger partial charge in [-0.2, -0.15) is 0 Å². The summed E-state index contributed by atoms with van der Waals surface area (Å²) in [4.78, 5) is 2.31. The topological polar surface area (TPSA) is 3.24 Å². The molecule has 1 nitrogen and oxygen atoms in total. The zero-order valence-electron chi connectivity index (χ0n) is 12.8. The van der Waals surface area contributed by atoms with Crippen molar-refractivity contribution >= 4 is 11.4 Å². The summed E-state index contributed by atoms with van der Waals surface area (Å²) in [7, 11) is 2.16. The Labute approximate surface area is 116 Å². The molecule has 0 saturated carbocycles. The van der Waals surface area contributed by atoms with Gasteiger partial charge in [-0.05, 0) is 68.5 Å². The average Bonchev–Trinajstić information content (AvgIpc) is 2.36.